The van der Waals surface area contributed by atoms with E-state index in [2.05, 4.69) is 4.98 Å². The molecule has 1 aromatic heterocycles. The van der Waals surface area contributed by atoms with Gasteiger partial charge in [0.25, 0.3) is 11.5 Å². The highest BCUT2D eigenvalue weighted by Crippen LogP contribution is 2.54. The number of rotatable bonds is 6. The van der Waals surface area contributed by atoms with Crippen molar-refractivity contribution in [3.05, 3.63) is 38.4 Å². The van der Waals surface area contributed by atoms with Crippen LogP contribution in [0, 0.1) is 0 Å². The molecule has 0 unspecified atom stereocenters. The minimum absolute atomic E-state index is 0.201. The van der Waals surface area contributed by atoms with Crippen molar-refractivity contribution in [1.29, 1.82) is 0 Å². The van der Waals surface area contributed by atoms with E-state index in [9.17, 15) is 46.1 Å². The Labute approximate surface area is 196 Å². The predicted molar refractivity (Wildman–Crippen MR) is 108 cm³/mol. The number of halogens is 8. The summed E-state index contributed by atoms with van der Waals surface area (Å²) in [5, 5.41) is 16.2. The largest absolute Gasteiger partial charge is 0.476 e. The van der Waals surface area contributed by atoms with Crippen LogP contribution in [0.5, 0.6) is 0 Å². The molecule has 0 bridgehead atoms. The molecule has 2 rings (SSSR count). The summed E-state index contributed by atoms with van der Waals surface area (Å²) < 4.78 is 79.5. The Balaban J connectivity index is 2.81. The Morgan fingerprint density at radius 3 is 1.97 bits per heavy atom. The molecule has 0 aliphatic carbocycles. The minimum atomic E-state index is -6.20. The normalized spacial score (nSPS) is 12.7. The van der Waals surface area contributed by atoms with E-state index < -0.39 is 56.1 Å². The van der Waals surface area contributed by atoms with Crippen molar-refractivity contribution in [2.45, 2.75) is 31.8 Å². The fourth-order valence-electron chi connectivity index (χ4n) is 2.87. The minimum Gasteiger partial charge on any atom is -0.476 e. The summed E-state index contributed by atoms with van der Waals surface area (Å²) in [7, 11) is 0. The van der Waals surface area contributed by atoms with Gasteiger partial charge in [0.15, 0.2) is 0 Å². The number of aromatic nitrogens is 1. The van der Waals surface area contributed by atoms with E-state index in [-0.39, 0.29) is 29.6 Å². The van der Waals surface area contributed by atoms with Gasteiger partial charge in [-0.05, 0) is 13.8 Å². The summed E-state index contributed by atoms with van der Waals surface area (Å²) in [6, 6.07) is 0.931. The number of amides is 1. The van der Waals surface area contributed by atoms with Gasteiger partial charge in [-0.15, -0.1) is 11.3 Å². The highest BCUT2D eigenvalue weighted by molar-refractivity contribution is 7.17. The Hall–Kier alpha value is -2.09. The van der Waals surface area contributed by atoms with Crippen LogP contribution in [-0.2, 0) is 5.60 Å². The third-order valence-corrected chi connectivity index (χ3v) is 6.56. The molecule has 33 heavy (non-hydrogen) atoms. The molecule has 1 aromatic carbocycles. The molecular weight excluding hydrogens is 525 g/mol. The molecule has 2 N–H and O–H groups in total. The van der Waals surface area contributed by atoms with Crippen LogP contribution >= 0.6 is 34.5 Å². The monoisotopic (exact) mass is 538 g/mol. The van der Waals surface area contributed by atoms with Crippen LogP contribution < -0.4 is 0 Å². The molecule has 0 saturated carbocycles. The fraction of sp³-hybridized carbons (Fsp3) is 0.389. The van der Waals surface area contributed by atoms with E-state index in [1.165, 1.54) is 4.90 Å². The molecule has 0 aliphatic rings. The van der Waals surface area contributed by atoms with E-state index in [1.807, 2.05) is 0 Å². The first-order valence-electron chi connectivity index (χ1n) is 8.90. The Morgan fingerprint density at radius 1 is 1.03 bits per heavy atom. The van der Waals surface area contributed by atoms with Gasteiger partial charge >= 0.3 is 18.3 Å². The number of hydrogen-bond donors (Lipinski definition) is 2. The Morgan fingerprint density at radius 2 is 1.55 bits per heavy atom. The molecule has 1 amide bonds. The SMILES string of the molecule is CCN(CC)C(=O)c1nc(C(=O)O)sc1-c1ccc(C(O)(C(F)(F)F)C(F)(F)F)c(Cl)c1Cl. The maximum Gasteiger partial charge on any atom is 0.430 e. The van der Waals surface area contributed by atoms with E-state index >= 15 is 0 Å². The van der Waals surface area contributed by atoms with Gasteiger partial charge in [-0.1, -0.05) is 35.3 Å². The summed E-state index contributed by atoms with van der Waals surface area (Å²) in [5.74, 6) is -2.26. The van der Waals surface area contributed by atoms with Crippen LogP contribution in [0.3, 0.4) is 0 Å². The van der Waals surface area contributed by atoms with Crippen molar-refractivity contribution < 1.29 is 46.1 Å². The van der Waals surface area contributed by atoms with Crippen LogP contribution in [0.2, 0.25) is 10.0 Å². The molecule has 0 saturated heterocycles. The smallest absolute Gasteiger partial charge is 0.430 e. The lowest BCUT2D eigenvalue weighted by atomic mass is 9.91. The van der Waals surface area contributed by atoms with Crippen molar-refractivity contribution in [3.63, 3.8) is 0 Å². The zero-order valence-corrected chi connectivity index (χ0v) is 18.9. The molecule has 182 valence electrons. The number of nitrogens with zero attached hydrogens (tertiary/aromatic N) is 2. The third kappa shape index (κ3) is 4.63. The maximum absolute atomic E-state index is 13.3. The number of carbonyl (C=O) groups is 2. The second-order valence-corrected chi connectivity index (χ2v) is 8.23. The Bertz CT molecular complexity index is 1070. The number of carboxylic acid groups (broad SMARTS) is 1. The van der Waals surface area contributed by atoms with Gasteiger partial charge in [0, 0.05) is 24.2 Å². The van der Waals surface area contributed by atoms with E-state index in [0.717, 1.165) is 0 Å². The molecule has 2 aromatic rings. The highest BCUT2D eigenvalue weighted by atomic mass is 35.5. The van der Waals surface area contributed by atoms with Crippen molar-refractivity contribution >= 4 is 46.4 Å². The zero-order chi connectivity index (χ0) is 25.5. The van der Waals surface area contributed by atoms with Gasteiger partial charge in [-0.25, -0.2) is 9.78 Å². The van der Waals surface area contributed by atoms with Crippen molar-refractivity contribution in [2.24, 2.45) is 0 Å². The van der Waals surface area contributed by atoms with Crippen LogP contribution in [0.4, 0.5) is 26.3 Å². The van der Waals surface area contributed by atoms with Crippen molar-refractivity contribution in [1.82, 2.24) is 9.88 Å². The number of alkyl halides is 6. The molecule has 15 heteroatoms. The van der Waals surface area contributed by atoms with Gasteiger partial charge in [0.2, 0.25) is 5.01 Å². The average molecular weight is 539 g/mol. The van der Waals surface area contributed by atoms with Crippen molar-refractivity contribution in [2.75, 3.05) is 13.1 Å². The second-order valence-electron chi connectivity index (χ2n) is 6.47. The van der Waals surface area contributed by atoms with Crippen LogP contribution in [0.15, 0.2) is 12.1 Å². The summed E-state index contributed by atoms with van der Waals surface area (Å²) in [5.41, 5.74) is -7.87. The lowest BCUT2D eigenvalue weighted by molar-refractivity contribution is -0.376. The highest BCUT2D eigenvalue weighted by Gasteiger charge is 2.72. The number of carbonyl (C=O) groups excluding carboxylic acids is 1. The van der Waals surface area contributed by atoms with Crippen LogP contribution in [0.25, 0.3) is 10.4 Å². The number of thiazole rings is 1. The molecule has 0 radical (unpaired) electrons. The first-order valence-corrected chi connectivity index (χ1v) is 10.5. The number of hydrogen-bond acceptors (Lipinski definition) is 5. The molecule has 0 fully saturated rings. The lowest BCUT2D eigenvalue weighted by Gasteiger charge is -2.33. The van der Waals surface area contributed by atoms with Gasteiger partial charge in [0.05, 0.1) is 14.9 Å². The van der Waals surface area contributed by atoms with Gasteiger partial charge in [-0.2, -0.15) is 26.3 Å². The molecule has 0 atom stereocenters. The lowest BCUT2D eigenvalue weighted by Crippen LogP contribution is -2.54. The molecular formula is C18H14Cl2F6N2O4S. The summed E-state index contributed by atoms with van der Waals surface area (Å²) in [4.78, 5) is 28.9. The van der Waals surface area contributed by atoms with Gasteiger partial charge in [-0.3, -0.25) is 4.79 Å². The van der Waals surface area contributed by atoms with Gasteiger partial charge in [0.1, 0.15) is 5.69 Å². The summed E-state index contributed by atoms with van der Waals surface area (Å²) in [6.07, 6.45) is -12.4. The van der Waals surface area contributed by atoms with E-state index in [1.54, 1.807) is 13.8 Å². The van der Waals surface area contributed by atoms with E-state index in [0.29, 0.717) is 17.4 Å². The number of aromatic carboxylic acids is 1. The third-order valence-electron chi connectivity index (χ3n) is 4.60. The Kier molecular flexibility index (Phi) is 7.63. The van der Waals surface area contributed by atoms with Crippen molar-refractivity contribution in [3.8, 4) is 10.4 Å². The first-order chi connectivity index (χ1) is 15.0. The van der Waals surface area contributed by atoms with Crippen LogP contribution in [-0.4, -0.2) is 57.4 Å². The first kappa shape index (κ1) is 27.2. The second kappa shape index (κ2) is 9.28. The quantitative estimate of drug-likeness (QED) is 0.466. The molecule has 1 heterocycles. The standard InChI is InChI=1S/C18H14Cl2F6N2O4S/c1-3-28(4-2)14(29)11-12(33-13(27-11)15(30)31)7-5-6-8(10(20)9(7)19)16(32,17(21,22)23)18(24,25)26/h5-6,32H,3-4H2,1-2H3,(H,30,31). The molecule has 6 nitrogen and oxygen atoms in total. The zero-order valence-electron chi connectivity index (χ0n) is 16.6. The summed E-state index contributed by atoms with van der Waals surface area (Å²) in [6.45, 7) is 3.65. The average Bonchev–Trinajstić information content (AvgIpc) is 3.14. The molecule has 0 spiro atoms. The number of aliphatic hydroxyl groups is 1. The fourth-order valence-corrected chi connectivity index (χ4v) is 4.41. The predicted octanol–water partition coefficient (Wildman–Crippen LogP) is 5.61. The van der Waals surface area contributed by atoms with Gasteiger partial charge < -0.3 is 15.1 Å². The van der Waals surface area contributed by atoms with E-state index in [4.69, 9.17) is 23.2 Å². The number of benzene rings is 1. The molecule has 0 aliphatic heterocycles. The maximum atomic E-state index is 13.3. The summed E-state index contributed by atoms with van der Waals surface area (Å²) >= 11 is 12.2. The van der Waals surface area contributed by atoms with Crippen LogP contribution in [0.1, 0.15) is 39.7 Å². The topological polar surface area (TPSA) is 90.7 Å². The number of carboxylic acids is 1.